The molecule has 1 heterocycles. The molecule has 2 aromatic carbocycles. The third-order valence-electron chi connectivity index (χ3n) is 3.64. The second kappa shape index (κ2) is 6.54. The van der Waals surface area contributed by atoms with Crippen molar-refractivity contribution in [1.29, 1.82) is 0 Å². The maximum atomic E-state index is 11.3. The minimum absolute atomic E-state index is 0.188. The minimum Gasteiger partial charge on any atom is -0.477 e. The molecule has 0 saturated carbocycles. The fourth-order valence-corrected chi connectivity index (χ4v) is 2.59. The molecule has 0 spiro atoms. The number of primary amides is 1. The molecule has 24 heavy (non-hydrogen) atoms. The van der Waals surface area contributed by atoms with E-state index in [4.69, 9.17) is 16.2 Å². The molecular weight excluding hydrogens is 304 g/mol. The first-order valence-corrected chi connectivity index (χ1v) is 7.64. The Morgan fingerprint density at radius 1 is 1.12 bits per heavy atom. The molecule has 0 bridgehead atoms. The summed E-state index contributed by atoms with van der Waals surface area (Å²) < 4.78 is 5.56. The SMILES string of the molecule is CCOc1nc(N)nc2ccc(Cc3cccc(C(N)=O)c3)cc12. The third-order valence-corrected chi connectivity index (χ3v) is 3.64. The number of carbonyl (C=O) groups excluding carboxylic acids is 1. The van der Waals surface area contributed by atoms with Crippen molar-refractivity contribution in [3.8, 4) is 5.88 Å². The molecule has 0 aliphatic carbocycles. The van der Waals surface area contributed by atoms with E-state index >= 15 is 0 Å². The summed E-state index contributed by atoms with van der Waals surface area (Å²) in [5, 5.41) is 0.814. The highest BCUT2D eigenvalue weighted by atomic mass is 16.5. The van der Waals surface area contributed by atoms with Crippen molar-refractivity contribution in [3.63, 3.8) is 0 Å². The van der Waals surface area contributed by atoms with Crippen LogP contribution >= 0.6 is 0 Å². The number of anilines is 1. The molecule has 1 amide bonds. The first-order chi connectivity index (χ1) is 11.6. The fraction of sp³-hybridized carbons (Fsp3) is 0.167. The van der Waals surface area contributed by atoms with E-state index in [1.807, 2.05) is 37.3 Å². The van der Waals surface area contributed by atoms with Gasteiger partial charge in [0.05, 0.1) is 17.5 Å². The highest BCUT2D eigenvalue weighted by molar-refractivity contribution is 5.93. The molecule has 0 fully saturated rings. The number of aromatic nitrogens is 2. The lowest BCUT2D eigenvalue weighted by Crippen LogP contribution is -2.11. The van der Waals surface area contributed by atoms with Gasteiger partial charge in [0.1, 0.15) is 0 Å². The summed E-state index contributed by atoms with van der Waals surface area (Å²) in [5.74, 6) is 0.235. The summed E-state index contributed by atoms with van der Waals surface area (Å²) in [5.41, 5.74) is 14.3. The van der Waals surface area contributed by atoms with Crippen LogP contribution in [-0.4, -0.2) is 22.5 Å². The van der Waals surface area contributed by atoms with E-state index in [1.54, 1.807) is 12.1 Å². The number of nitrogens with two attached hydrogens (primary N) is 2. The zero-order valence-corrected chi connectivity index (χ0v) is 13.3. The lowest BCUT2D eigenvalue weighted by atomic mass is 10.0. The molecule has 0 atom stereocenters. The van der Waals surface area contributed by atoms with Gasteiger partial charge in [-0.15, -0.1) is 0 Å². The van der Waals surface area contributed by atoms with E-state index < -0.39 is 5.91 Å². The highest BCUT2D eigenvalue weighted by Crippen LogP contribution is 2.25. The second-order valence-corrected chi connectivity index (χ2v) is 5.41. The Bertz CT molecular complexity index is 909. The van der Waals surface area contributed by atoms with Crippen molar-refractivity contribution in [1.82, 2.24) is 9.97 Å². The predicted octanol–water partition coefficient (Wildman–Crippen LogP) is 2.30. The van der Waals surface area contributed by atoms with Crippen molar-refractivity contribution in [2.24, 2.45) is 5.73 Å². The standard InChI is InChI=1S/C18H18N4O2/c1-2-24-17-14-10-12(6-7-15(14)21-18(20)22-17)8-11-4-3-5-13(9-11)16(19)23/h3-7,9-10H,2,8H2,1H3,(H2,19,23)(H2,20,21,22). The van der Waals surface area contributed by atoms with Crippen LogP contribution in [0.15, 0.2) is 42.5 Å². The largest absolute Gasteiger partial charge is 0.477 e. The molecule has 6 nitrogen and oxygen atoms in total. The van der Waals surface area contributed by atoms with Gasteiger partial charge >= 0.3 is 0 Å². The van der Waals surface area contributed by atoms with Crippen LogP contribution in [0.3, 0.4) is 0 Å². The van der Waals surface area contributed by atoms with Gasteiger partial charge in [-0.2, -0.15) is 4.98 Å². The first kappa shape index (κ1) is 15.7. The lowest BCUT2D eigenvalue weighted by molar-refractivity contribution is 0.1000. The molecular formula is C18H18N4O2. The van der Waals surface area contributed by atoms with Gasteiger partial charge in [0.2, 0.25) is 17.7 Å². The molecule has 0 aliphatic heterocycles. The summed E-state index contributed by atoms with van der Waals surface area (Å²) in [4.78, 5) is 19.7. The summed E-state index contributed by atoms with van der Waals surface area (Å²) in [6, 6.07) is 13.1. The van der Waals surface area contributed by atoms with E-state index in [9.17, 15) is 4.79 Å². The number of amides is 1. The van der Waals surface area contributed by atoms with E-state index in [-0.39, 0.29) is 5.95 Å². The van der Waals surface area contributed by atoms with Crippen molar-refractivity contribution in [2.75, 3.05) is 12.3 Å². The molecule has 0 saturated heterocycles. The number of rotatable bonds is 5. The quantitative estimate of drug-likeness (QED) is 0.750. The Hall–Kier alpha value is -3.15. The Morgan fingerprint density at radius 2 is 1.92 bits per heavy atom. The van der Waals surface area contributed by atoms with E-state index in [0.29, 0.717) is 24.5 Å². The molecule has 0 aliphatic rings. The lowest BCUT2D eigenvalue weighted by Gasteiger charge is -2.09. The van der Waals surface area contributed by atoms with Crippen molar-refractivity contribution < 1.29 is 9.53 Å². The predicted molar refractivity (Wildman–Crippen MR) is 92.9 cm³/mol. The molecule has 0 unspecified atom stereocenters. The van der Waals surface area contributed by atoms with E-state index in [2.05, 4.69) is 9.97 Å². The minimum atomic E-state index is -0.433. The van der Waals surface area contributed by atoms with Gasteiger partial charge in [-0.25, -0.2) is 4.98 Å². The smallest absolute Gasteiger partial charge is 0.248 e. The zero-order chi connectivity index (χ0) is 17.1. The molecule has 3 aromatic rings. The van der Waals surface area contributed by atoms with Gasteiger partial charge in [-0.05, 0) is 48.7 Å². The van der Waals surface area contributed by atoms with Gasteiger partial charge < -0.3 is 16.2 Å². The molecule has 6 heteroatoms. The van der Waals surface area contributed by atoms with Crippen molar-refractivity contribution >= 4 is 22.8 Å². The van der Waals surface area contributed by atoms with Crippen LogP contribution in [0.4, 0.5) is 5.95 Å². The van der Waals surface area contributed by atoms with Gasteiger partial charge in [0.25, 0.3) is 0 Å². The molecule has 122 valence electrons. The molecule has 1 aromatic heterocycles. The van der Waals surface area contributed by atoms with Crippen LogP contribution in [0.5, 0.6) is 5.88 Å². The van der Waals surface area contributed by atoms with E-state index in [0.717, 1.165) is 22.0 Å². The summed E-state index contributed by atoms with van der Waals surface area (Å²) >= 11 is 0. The van der Waals surface area contributed by atoms with Crippen LogP contribution < -0.4 is 16.2 Å². The zero-order valence-electron chi connectivity index (χ0n) is 13.3. The second-order valence-electron chi connectivity index (χ2n) is 5.41. The van der Waals surface area contributed by atoms with Crippen molar-refractivity contribution in [2.45, 2.75) is 13.3 Å². The number of hydrogen-bond acceptors (Lipinski definition) is 5. The van der Waals surface area contributed by atoms with Crippen LogP contribution in [0.25, 0.3) is 10.9 Å². The van der Waals surface area contributed by atoms with Gasteiger partial charge in [0.15, 0.2) is 0 Å². The Labute approximate surface area is 139 Å². The van der Waals surface area contributed by atoms with Crippen molar-refractivity contribution in [3.05, 3.63) is 59.2 Å². The molecule has 4 N–H and O–H groups in total. The molecule has 0 radical (unpaired) electrons. The number of benzene rings is 2. The third kappa shape index (κ3) is 3.27. The Morgan fingerprint density at radius 3 is 2.67 bits per heavy atom. The summed E-state index contributed by atoms with van der Waals surface area (Å²) in [6.45, 7) is 2.39. The normalized spacial score (nSPS) is 10.7. The van der Waals surface area contributed by atoms with Crippen LogP contribution in [0, 0.1) is 0 Å². The summed E-state index contributed by atoms with van der Waals surface area (Å²) in [6.07, 6.45) is 0.660. The first-order valence-electron chi connectivity index (χ1n) is 7.64. The molecule has 3 rings (SSSR count). The van der Waals surface area contributed by atoms with Crippen LogP contribution in [-0.2, 0) is 6.42 Å². The monoisotopic (exact) mass is 322 g/mol. The maximum absolute atomic E-state index is 11.3. The average Bonchev–Trinajstić information content (AvgIpc) is 2.56. The Balaban J connectivity index is 1.98. The number of ether oxygens (including phenoxy) is 1. The fourth-order valence-electron chi connectivity index (χ4n) is 2.59. The number of nitrogens with zero attached hydrogens (tertiary/aromatic N) is 2. The number of nitrogen functional groups attached to an aromatic ring is 1. The van der Waals surface area contributed by atoms with Gasteiger partial charge in [-0.1, -0.05) is 18.2 Å². The highest BCUT2D eigenvalue weighted by Gasteiger charge is 2.09. The van der Waals surface area contributed by atoms with Crippen LogP contribution in [0.1, 0.15) is 28.4 Å². The summed E-state index contributed by atoms with van der Waals surface area (Å²) in [7, 11) is 0. The van der Waals surface area contributed by atoms with Crippen LogP contribution in [0.2, 0.25) is 0 Å². The maximum Gasteiger partial charge on any atom is 0.248 e. The average molecular weight is 322 g/mol. The Kier molecular flexibility index (Phi) is 4.29. The topological polar surface area (TPSA) is 104 Å². The number of carbonyl (C=O) groups is 1. The van der Waals surface area contributed by atoms with E-state index in [1.165, 1.54) is 0 Å². The number of hydrogen-bond donors (Lipinski definition) is 2. The van der Waals surface area contributed by atoms with Gasteiger partial charge in [-0.3, -0.25) is 4.79 Å². The number of fused-ring (bicyclic) bond motifs is 1. The van der Waals surface area contributed by atoms with Gasteiger partial charge in [0, 0.05) is 5.56 Å².